The molecular formula is C34H33BBrCl4N4O8S2. The number of hydrogen-bond donors (Lipinski definition) is 3. The van der Waals surface area contributed by atoms with Crippen LogP contribution in [0.1, 0.15) is 24.0 Å². The van der Waals surface area contributed by atoms with E-state index in [1.54, 1.807) is 38.4 Å². The molecule has 0 aliphatic heterocycles. The van der Waals surface area contributed by atoms with Crippen LogP contribution in [-0.2, 0) is 27.2 Å². The second kappa shape index (κ2) is 19.3. The molecule has 0 atom stereocenters. The van der Waals surface area contributed by atoms with Crippen molar-refractivity contribution in [3.8, 4) is 16.2 Å². The standard InChI is InChI=1S/C17H16Cl2N2O3S.C11H13BrN2O3S.C6H4BCl2O2/c1-9-13-15(23)21(6-3-7-22)17(24)20(2)16(13)25-14(9)10-4-5-11(18)12(19)8-10;1-6-7-9(16)14(4-3-5-15)11(17)13(2)10(7)18-8(6)12;8-5-2-1-4(11-7-10)3-6(5)9/h4-5,8,22H,3,6-7H2,1-2H3;15H,3-5H2,1-2H3;1-3,10H. The van der Waals surface area contributed by atoms with Crippen LogP contribution in [0.2, 0.25) is 20.1 Å². The van der Waals surface area contributed by atoms with Crippen LogP contribution in [0.25, 0.3) is 30.9 Å². The lowest BCUT2D eigenvalue weighted by atomic mass is 10.1. The van der Waals surface area contributed by atoms with Crippen LogP contribution >= 0.6 is 85.0 Å². The van der Waals surface area contributed by atoms with E-state index < -0.39 is 0 Å². The third-order valence-corrected chi connectivity index (χ3v) is 13.2. The van der Waals surface area contributed by atoms with Gasteiger partial charge >= 0.3 is 19.1 Å². The number of aliphatic hydroxyl groups is 2. The maximum atomic E-state index is 12.8. The number of aryl methyl sites for hydroxylation is 4. The molecule has 0 saturated heterocycles. The van der Waals surface area contributed by atoms with Crippen LogP contribution in [0.5, 0.6) is 5.75 Å². The minimum absolute atomic E-state index is 0.0417. The number of aliphatic hydroxyl groups excluding tert-OH is 2. The van der Waals surface area contributed by atoms with Gasteiger partial charge in [0.05, 0.1) is 34.6 Å². The largest absolute Gasteiger partial charge is 0.569 e. The predicted octanol–water partition coefficient (Wildman–Crippen LogP) is 6.54. The molecule has 0 spiro atoms. The van der Waals surface area contributed by atoms with Crippen LogP contribution in [0.4, 0.5) is 0 Å². The molecule has 287 valence electrons. The fourth-order valence-electron chi connectivity index (χ4n) is 5.30. The van der Waals surface area contributed by atoms with Crippen molar-refractivity contribution in [3.05, 3.63) is 113 Å². The van der Waals surface area contributed by atoms with Crippen molar-refractivity contribution in [1.82, 2.24) is 18.3 Å². The number of benzene rings is 2. The molecule has 0 aliphatic rings. The highest BCUT2D eigenvalue weighted by Crippen LogP contribution is 2.38. The minimum atomic E-state index is -0.382. The Morgan fingerprint density at radius 1 is 0.722 bits per heavy atom. The van der Waals surface area contributed by atoms with E-state index in [9.17, 15) is 19.2 Å². The molecule has 4 aromatic heterocycles. The van der Waals surface area contributed by atoms with Gasteiger partial charge in [-0.3, -0.25) is 27.9 Å². The van der Waals surface area contributed by atoms with E-state index in [4.69, 9.17) is 61.6 Å². The van der Waals surface area contributed by atoms with Crippen LogP contribution in [0.15, 0.2) is 59.4 Å². The van der Waals surface area contributed by atoms with Crippen LogP contribution in [-0.4, -0.2) is 54.4 Å². The molecule has 12 nitrogen and oxygen atoms in total. The van der Waals surface area contributed by atoms with Gasteiger partial charge in [0.1, 0.15) is 15.4 Å². The van der Waals surface area contributed by atoms with Gasteiger partial charge in [0.2, 0.25) is 0 Å². The fraction of sp³-hybridized carbons (Fsp3) is 0.294. The number of fused-ring (bicyclic) bond motifs is 2. The Bertz CT molecular complexity index is 2570. The quantitative estimate of drug-likeness (QED) is 0.138. The Kier molecular flexibility index (Phi) is 15.7. The van der Waals surface area contributed by atoms with Gasteiger partial charge in [-0.15, -0.1) is 22.7 Å². The minimum Gasteiger partial charge on any atom is -0.537 e. The van der Waals surface area contributed by atoms with Gasteiger partial charge in [0.15, 0.2) is 0 Å². The molecule has 0 fully saturated rings. The maximum absolute atomic E-state index is 12.8. The first kappa shape index (κ1) is 43.8. The van der Waals surface area contributed by atoms with E-state index in [0.29, 0.717) is 66.8 Å². The average molecular weight is 922 g/mol. The number of rotatable bonds is 9. The highest BCUT2D eigenvalue weighted by Gasteiger charge is 2.20. The molecule has 0 bridgehead atoms. The van der Waals surface area contributed by atoms with E-state index >= 15 is 0 Å². The van der Waals surface area contributed by atoms with Gasteiger partial charge in [-0.1, -0.05) is 52.5 Å². The molecule has 54 heavy (non-hydrogen) atoms. The summed E-state index contributed by atoms with van der Waals surface area (Å²) < 4.78 is 10.8. The molecule has 4 heterocycles. The van der Waals surface area contributed by atoms with Crippen molar-refractivity contribution in [2.75, 3.05) is 13.2 Å². The normalized spacial score (nSPS) is 11.0. The Balaban J connectivity index is 0.000000195. The van der Waals surface area contributed by atoms with Gasteiger partial charge in [-0.05, 0) is 89.6 Å². The maximum Gasteiger partial charge on any atom is 0.569 e. The Labute approximate surface area is 345 Å². The first-order valence-electron chi connectivity index (χ1n) is 16.0. The summed E-state index contributed by atoms with van der Waals surface area (Å²) in [5, 5.41) is 28.9. The number of thiophene rings is 2. The second-order valence-electron chi connectivity index (χ2n) is 11.6. The zero-order chi connectivity index (χ0) is 40.0. The van der Waals surface area contributed by atoms with Crippen molar-refractivity contribution >= 4 is 113 Å². The third kappa shape index (κ3) is 9.37. The Morgan fingerprint density at radius 2 is 1.20 bits per heavy atom. The molecular weight excluding hydrogens is 889 g/mol. The molecule has 3 N–H and O–H groups in total. The first-order valence-corrected chi connectivity index (χ1v) is 19.9. The number of hydrogen-bond acceptors (Lipinski definition) is 10. The summed E-state index contributed by atoms with van der Waals surface area (Å²) in [5.41, 5.74) is 1.18. The SMILES string of the molecule is Cc1c(-c2ccc(Cl)c(Cl)c2)sc2c1c(=O)n(CCCO)c(=O)n2C.Cc1c(Br)sc2c1c(=O)n(CCCO)c(=O)n2C.O[B]Oc1ccc(Cl)c(Cl)c1. The first-order chi connectivity index (χ1) is 25.6. The topological polar surface area (TPSA) is 158 Å². The van der Waals surface area contributed by atoms with Gasteiger partial charge in [-0.2, -0.15) is 0 Å². The van der Waals surface area contributed by atoms with Crippen LogP contribution < -0.4 is 27.2 Å². The van der Waals surface area contributed by atoms with Crippen molar-refractivity contribution < 1.29 is 19.9 Å². The summed E-state index contributed by atoms with van der Waals surface area (Å²) in [7, 11) is 3.88. The van der Waals surface area contributed by atoms with Crippen molar-refractivity contribution in [2.45, 2.75) is 39.8 Å². The monoisotopic (exact) mass is 919 g/mol. The molecule has 0 amide bonds. The van der Waals surface area contributed by atoms with Crippen LogP contribution in [0, 0.1) is 13.8 Å². The number of nitrogens with zero attached hydrogens (tertiary/aromatic N) is 4. The van der Waals surface area contributed by atoms with E-state index in [-0.39, 0.29) is 48.8 Å². The third-order valence-electron chi connectivity index (χ3n) is 8.10. The van der Waals surface area contributed by atoms with E-state index in [2.05, 4.69) is 20.6 Å². The zero-order valence-corrected chi connectivity index (χ0v) is 35.4. The smallest absolute Gasteiger partial charge is 0.537 e. The van der Waals surface area contributed by atoms with Crippen molar-refractivity contribution in [3.63, 3.8) is 0 Å². The lowest BCUT2D eigenvalue weighted by Crippen LogP contribution is -2.39. The summed E-state index contributed by atoms with van der Waals surface area (Å²) in [6, 6.07) is 10.0. The summed E-state index contributed by atoms with van der Waals surface area (Å²) in [6.07, 6.45) is 0.745. The van der Waals surface area contributed by atoms with Gasteiger partial charge in [0.25, 0.3) is 11.1 Å². The molecule has 20 heteroatoms. The van der Waals surface area contributed by atoms with E-state index in [0.717, 1.165) is 25.4 Å². The predicted molar refractivity (Wildman–Crippen MR) is 224 cm³/mol. The summed E-state index contributed by atoms with van der Waals surface area (Å²) in [4.78, 5) is 51.8. The van der Waals surface area contributed by atoms with Gasteiger partial charge < -0.3 is 19.9 Å². The molecule has 0 aliphatic carbocycles. The van der Waals surface area contributed by atoms with Crippen LogP contribution in [0.3, 0.4) is 0 Å². The Morgan fingerprint density at radius 3 is 1.69 bits per heavy atom. The van der Waals surface area contributed by atoms with Crippen molar-refractivity contribution in [1.29, 1.82) is 0 Å². The van der Waals surface area contributed by atoms with Gasteiger partial charge in [0, 0.05) is 45.3 Å². The summed E-state index contributed by atoms with van der Waals surface area (Å²) >= 11 is 29.5. The second-order valence-corrected chi connectivity index (χ2v) is 16.5. The molecule has 0 unspecified atom stereocenters. The fourth-order valence-corrected chi connectivity index (χ4v) is 8.78. The number of aromatic nitrogens is 4. The molecule has 1 radical (unpaired) electrons. The lowest BCUT2D eigenvalue weighted by molar-refractivity contribution is 0.277. The highest BCUT2D eigenvalue weighted by molar-refractivity contribution is 9.11. The summed E-state index contributed by atoms with van der Waals surface area (Å²) in [5.74, 6) is 0.446. The molecule has 6 rings (SSSR count). The summed E-state index contributed by atoms with van der Waals surface area (Å²) in [6.45, 7) is 4.02. The average Bonchev–Trinajstić information content (AvgIpc) is 3.65. The van der Waals surface area contributed by atoms with Gasteiger partial charge in [-0.25, -0.2) is 9.59 Å². The zero-order valence-electron chi connectivity index (χ0n) is 29.2. The molecule has 6 aromatic rings. The van der Waals surface area contributed by atoms with E-state index in [1.165, 1.54) is 47.0 Å². The van der Waals surface area contributed by atoms with E-state index in [1.807, 2.05) is 19.9 Å². The lowest BCUT2D eigenvalue weighted by Gasteiger charge is -2.07. The van der Waals surface area contributed by atoms with Crippen molar-refractivity contribution in [2.24, 2.45) is 14.1 Å². The Hall–Kier alpha value is -2.90. The number of halogens is 5. The molecule has 0 saturated carbocycles. The highest BCUT2D eigenvalue weighted by atomic mass is 79.9. The molecule has 2 aromatic carbocycles.